The molecule has 0 atom stereocenters. The monoisotopic (exact) mass is 208 g/mol. The Morgan fingerprint density at radius 3 is 2.67 bits per heavy atom. The van der Waals surface area contributed by atoms with Crippen molar-refractivity contribution in [3.8, 4) is 0 Å². The zero-order valence-corrected chi connectivity index (χ0v) is 8.40. The molecule has 1 amide bonds. The highest BCUT2D eigenvalue weighted by molar-refractivity contribution is 6.01. The SMILES string of the molecule is CCOC(=O)CC(=O)Nc1ccncc1. The van der Waals surface area contributed by atoms with Crippen LogP contribution in [0.5, 0.6) is 0 Å². The third-order valence-electron chi connectivity index (χ3n) is 1.57. The van der Waals surface area contributed by atoms with E-state index in [0.717, 1.165) is 0 Å². The second-order valence-electron chi connectivity index (χ2n) is 2.77. The molecule has 1 rings (SSSR count). The van der Waals surface area contributed by atoms with Crippen LogP contribution in [0.3, 0.4) is 0 Å². The van der Waals surface area contributed by atoms with E-state index in [-0.39, 0.29) is 18.9 Å². The number of ether oxygens (including phenoxy) is 1. The standard InChI is InChI=1S/C10H12N2O3/c1-2-15-10(14)7-9(13)12-8-3-5-11-6-4-8/h3-6H,2,7H2,1H3,(H,11,12,13). The summed E-state index contributed by atoms with van der Waals surface area (Å²) < 4.78 is 4.64. The maximum absolute atomic E-state index is 11.3. The average molecular weight is 208 g/mol. The normalized spacial score (nSPS) is 9.40. The minimum Gasteiger partial charge on any atom is -0.466 e. The summed E-state index contributed by atoms with van der Waals surface area (Å²) >= 11 is 0. The minimum atomic E-state index is -0.524. The number of aromatic nitrogens is 1. The van der Waals surface area contributed by atoms with Crippen molar-refractivity contribution in [2.75, 3.05) is 11.9 Å². The van der Waals surface area contributed by atoms with E-state index in [1.165, 1.54) is 0 Å². The maximum Gasteiger partial charge on any atom is 0.315 e. The minimum absolute atomic E-state index is 0.268. The number of esters is 1. The van der Waals surface area contributed by atoms with Gasteiger partial charge in [-0.15, -0.1) is 0 Å². The Hall–Kier alpha value is -1.91. The van der Waals surface area contributed by atoms with Gasteiger partial charge in [-0.2, -0.15) is 0 Å². The van der Waals surface area contributed by atoms with E-state index < -0.39 is 5.97 Å². The van der Waals surface area contributed by atoms with Gasteiger partial charge >= 0.3 is 5.97 Å². The maximum atomic E-state index is 11.3. The lowest BCUT2D eigenvalue weighted by molar-refractivity contribution is -0.145. The van der Waals surface area contributed by atoms with E-state index >= 15 is 0 Å². The third-order valence-corrected chi connectivity index (χ3v) is 1.57. The molecule has 0 saturated carbocycles. The fourth-order valence-electron chi connectivity index (χ4n) is 0.984. The summed E-state index contributed by atoms with van der Waals surface area (Å²) in [6.45, 7) is 1.97. The van der Waals surface area contributed by atoms with Crippen LogP contribution in [-0.2, 0) is 14.3 Å². The van der Waals surface area contributed by atoms with E-state index in [2.05, 4.69) is 15.0 Å². The fourth-order valence-corrected chi connectivity index (χ4v) is 0.984. The van der Waals surface area contributed by atoms with E-state index in [0.29, 0.717) is 5.69 Å². The van der Waals surface area contributed by atoms with Crippen molar-refractivity contribution in [2.24, 2.45) is 0 Å². The number of rotatable bonds is 4. The Balaban J connectivity index is 2.40. The van der Waals surface area contributed by atoms with Gasteiger partial charge in [0, 0.05) is 18.1 Å². The summed E-state index contributed by atoms with van der Waals surface area (Å²) in [4.78, 5) is 26.0. The first-order valence-electron chi connectivity index (χ1n) is 4.58. The zero-order valence-electron chi connectivity index (χ0n) is 8.40. The summed E-state index contributed by atoms with van der Waals surface area (Å²) in [6, 6.07) is 3.28. The Kier molecular flexibility index (Phi) is 4.28. The molecule has 0 aromatic carbocycles. The van der Waals surface area contributed by atoms with Crippen LogP contribution in [0.25, 0.3) is 0 Å². The molecule has 1 heterocycles. The Morgan fingerprint density at radius 2 is 2.07 bits per heavy atom. The molecule has 0 aliphatic rings. The van der Waals surface area contributed by atoms with Crippen molar-refractivity contribution in [2.45, 2.75) is 13.3 Å². The van der Waals surface area contributed by atoms with Crippen molar-refractivity contribution in [1.29, 1.82) is 0 Å². The lowest BCUT2D eigenvalue weighted by Crippen LogP contribution is -2.18. The highest BCUT2D eigenvalue weighted by Gasteiger charge is 2.09. The van der Waals surface area contributed by atoms with Gasteiger partial charge in [-0.25, -0.2) is 0 Å². The van der Waals surface area contributed by atoms with Crippen molar-refractivity contribution in [3.05, 3.63) is 24.5 Å². The third kappa shape index (κ3) is 4.21. The van der Waals surface area contributed by atoms with Gasteiger partial charge in [0.15, 0.2) is 0 Å². The number of nitrogens with zero attached hydrogens (tertiary/aromatic N) is 1. The molecule has 0 aliphatic heterocycles. The number of carbonyl (C=O) groups excluding carboxylic acids is 2. The zero-order chi connectivity index (χ0) is 11.1. The number of pyridine rings is 1. The van der Waals surface area contributed by atoms with Crippen molar-refractivity contribution in [3.63, 3.8) is 0 Å². The van der Waals surface area contributed by atoms with Gasteiger partial charge in [0.05, 0.1) is 6.61 Å². The molecule has 0 bridgehead atoms. The van der Waals surface area contributed by atoms with Crippen LogP contribution >= 0.6 is 0 Å². The van der Waals surface area contributed by atoms with Crippen LogP contribution in [-0.4, -0.2) is 23.5 Å². The predicted octanol–water partition coefficient (Wildman–Crippen LogP) is 0.973. The second-order valence-corrected chi connectivity index (χ2v) is 2.77. The van der Waals surface area contributed by atoms with Gasteiger partial charge in [0.25, 0.3) is 0 Å². The van der Waals surface area contributed by atoms with Gasteiger partial charge in [-0.1, -0.05) is 0 Å². The summed E-state index contributed by atoms with van der Waals surface area (Å²) in [6.07, 6.45) is 2.84. The van der Waals surface area contributed by atoms with Gasteiger partial charge in [0.1, 0.15) is 6.42 Å². The quantitative estimate of drug-likeness (QED) is 0.591. The number of anilines is 1. The molecule has 5 nitrogen and oxygen atoms in total. The molecular formula is C10H12N2O3. The summed E-state index contributed by atoms with van der Waals surface area (Å²) in [5, 5.41) is 2.55. The number of carbonyl (C=O) groups is 2. The molecule has 1 aromatic rings. The molecule has 80 valence electrons. The number of nitrogens with one attached hydrogen (secondary N) is 1. The Morgan fingerprint density at radius 1 is 1.40 bits per heavy atom. The molecule has 0 saturated heterocycles. The molecule has 0 unspecified atom stereocenters. The molecule has 0 aliphatic carbocycles. The Labute approximate surface area is 87.5 Å². The number of hydrogen-bond donors (Lipinski definition) is 1. The smallest absolute Gasteiger partial charge is 0.315 e. The van der Waals surface area contributed by atoms with Crippen LogP contribution in [0.1, 0.15) is 13.3 Å². The molecule has 15 heavy (non-hydrogen) atoms. The Bertz CT molecular complexity index is 338. The van der Waals surface area contributed by atoms with Crippen LogP contribution in [0, 0.1) is 0 Å². The first kappa shape index (κ1) is 11.2. The van der Waals surface area contributed by atoms with E-state index in [9.17, 15) is 9.59 Å². The van der Waals surface area contributed by atoms with Crippen LogP contribution in [0.4, 0.5) is 5.69 Å². The number of amides is 1. The fraction of sp³-hybridized carbons (Fsp3) is 0.300. The van der Waals surface area contributed by atoms with Gasteiger partial charge in [-0.3, -0.25) is 14.6 Å². The number of hydrogen-bond acceptors (Lipinski definition) is 4. The first-order valence-corrected chi connectivity index (χ1v) is 4.58. The van der Waals surface area contributed by atoms with Crippen LogP contribution < -0.4 is 5.32 Å². The average Bonchev–Trinajstić information content (AvgIpc) is 2.19. The molecule has 0 radical (unpaired) electrons. The van der Waals surface area contributed by atoms with Crippen LogP contribution in [0.15, 0.2) is 24.5 Å². The van der Waals surface area contributed by atoms with Crippen molar-refractivity contribution < 1.29 is 14.3 Å². The molecular weight excluding hydrogens is 196 g/mol. The van der Waals surface area contributed by atoms with E-state index in [1.54, 1.807) is 31.5 Å². The van der Waals surface area contributed by atoms with Crippen LogP contribution in [0.2, 0.25) is 0 Å². The molecule has 1 aromatic heterocycles. The van der Waals surface area contributed by atoms with E-state index in [1.807, 2.05) is 0 Å². The summed E-state index contributed by atoms with van der Waals surface area (Å²) in [5.74, 6) is -0.913. The largest absolute Gasteiger partial charge is 0.466 e. The highest BCUT2D eigenvalue weighted by Crippen LogP contribution is 2.03. The summed E-state index contributed by atoms with van der Waals surface area (Å²) in [5.41, 5.74) is 0.610. The first-order chi connectivity index (χ1) is 7.22. The lowest BCUT2D eigenvalue weighted by Gasteiger charge is -2.03. The topological polar surface area (TPSA) is 68.3 Å². The molecule has 0 fully saturated rings. The molecule has 1 N–H and O–H groups in total. The van der Waals surface area contributed by atoms with Crippen molar-refractivity contribution >= 4 is 17.6 Å². The highest BCUT2D eigenvalue weighted by atomic mass is 16.5. The lowest BCUT2D eigenvalue weighted by atomic mass is 10.3. The van der Waals surface area contributed by atoms with E-state index in [4.69, 9.17) is 0 Å². The predicted molar refractivity (Wildman–Crippen MR) is 54.1 cm³/mol. The van der Waals surface area contributed by atoms with Gasteiger partial charge < -0.3 is 10.1 Å². The molecule has 5 heteroatoms. The van der Waals surface area contributed by atoms with Crippen molar-refractivity contribution in [1.82, 2.24) is 4.98 Å². The summed E-state index contributed by atoms with van der Waals surface area (Å²) in [7, 11) is 0. The van der Waals surface area contributed by atoms with Gasteiger partial charge in [0.2, 0.25) is 5.91 Å². The molecule has 0 spiro atoms. The van der Waals surface area contributed by atoms with Gasteiger partial charge in [-0.05, 0) is 19.1 Å². The second kappa shape index (κ2) is 5.74.